The lowest BCUT2D eigenvalue weighted by molar-refractivity contribution is -0.119. The standard InChI is InChI=1S/C17H15Cl2N3O5S/c1-28(24,25)22(12-3-4-13(18)14(19)7-12)9-17(23)21-20-8-11-2-5-15-16(6-11)27-10-26-15/h2-8H,9-10H2,1H3,(H,21,23)/b20-8-. The molecule has 0 atom stereocenters. The minimum Gasteiger partial charge on any atom is -0.454 e. The van der Waals surface area contributed by atoms with Crippen LogP contribution in [-0.2, 0) is 14.8 Å². The zero-order chi connectivity index (χ0) is 20.3. The molecule has 0 aromatic heterocycles. The highest BCUT2D eigenvalue weighted by molar-refractivity contribution is 7.92. The molecule has 1 heterocycles. The van der Waals surface area contributed by atoms with Crippen molar-refractivity contribution < 1.29 is 22.7 Å². The molecule has 8 nitrogen and oxygen atoms in total. The average Bonchev–Trinajstić information content (AvgIpc) is 3.09. The Morgan fingerprint density at radius 3 is 2.64 bits per heavy atom. The summed E-state index contributed by atoms with van der Waals surface area (Å²) in [5.74, 6) is 0.582. The maximum Gasteiger partial charge on any atom is 0.260 e. The average molecular weight is 444 g/mol. The molecule has 11 heteroatoms. The summed E-state index contributed by atoms with van der Waals surface area (Å²) in [4.78, 5) is 12.2. The number of anilines is 1. The molecule has 0 aliphatic carbocycles. The van der Waals surface area contributed by atoms with Gasteiger partial charge < -0.3 is 9.47 Å². The van der Waals surface area contributed by atoms with Crippen molar-refractivity contribution in [2.45, 2.75) is 0 Å². The van der Waals surface area contributed by atoms with E-state index in [0.29, 0.717) is 17.1 Å². The van der Waals surface area contributed by atoms with Crippen LogP contribution in [-0.4, -0.2) is 40.1 Å². The van der Waals surface area contributed by atoms with E-state index in [2.05, 4.69) is 10.5 Å². The van der Waals surface area contributed by atoms with E-state index in [1.807, 2.05) is 0 Å². The number of benzene rings is 2. The summed E-state index contributed by atoms with van der Waals surface area (Å²) in [6.45, 7) is -0.321. The number of amides is 1. The van der Waals surface area contributed by atoms with E-state index >= 15 is 0 Å². The lowest BCUT2D eigenvalue weighted by Gasteiger charge is -2.21. The first kappa shape index (κ1) is 20.2. The number of nitrogens with one attached hydrogen (secondary N) is 1. The summed E-state index contributed by atoms with van der Waals surface area (Å²) in [7, 11) is -3.74. The SMILES string of the molecule is CS(=O)(=O)N(CC(=O)N/N=C\c1ccc2c(c1)OCO2)c1ccc(Cl)c(Cl)c1. The van der Waals surface area contributed by atoms with Crippen molar-refractivity contribution in [1.29, 1.82) is 0 Å². The van der Waals surface area contributed by atoms with Gasteiger partial charge in [-0.05, 0) is 42.0 Å². The molecule has 3 rings (SSSR count). The van der Waals surface area contributed by atoms with Crippen LogP contribution < -0.4 is 19.2 Å². The third kappa shape index (κ3) is 4.86. The first-order valence-corrected chi connectivity index (χ1v) is 10.5. The molecule has 0 fully saturated rings. The molecule has 2 aromatic carbocycles. The highest BCUT2D eigenvalue weighted by atomic mass is 35.5. The number of ether oxygens (including phenoxy) is 2. The Hall–Kier alpha value is -2.49. The number of carbonyl (C=O) groups is 1. The summed E-state index contributed by atoms with van der Waals surface area (Å²) in [5, 5.41) is 4.29. The van der Waals surface area contributed by atoms with Crippen LogP contribution in [0.5, 0.6) is 11.5 Å². The first-order valence-electron chi connectivity index (χ1n) is 7.88. The van der Waals surface area contributed by atoms with Gasteiger partial charge in [-0.1, -0.05) is 23.2 Å². The number of hydrogen-bond donors (Lipinski definition) is 1. The van der Waals surface area contributed by atoms with Gasteiger partial charge in [0.2, 0.25) is 16.8 Å². The highest BCUT2D eigenvalue weighted by Gasteiger charge is 2.21. The molecule has 1 aliphatic heterocycles. The van der Waals surface area contributed by atoms with Gasteiger partial charge in [-0.15, -0.1) is 0 Å². The van der Waals surface area contributed by atoms with Crippen molar-refractivity contribution in [2.75, 3.05) is 23.9 Å². The quantitative estimate of drug-likeness (QED) is 0.546. The number of hydrazone groups is 1. The van der Waals surface area contributed by atoms with Crippen molar-refractivity contribution in [3.05, 3.63) is 52.0 Å². The van der Waals surface area contributed by atoms with Crippen molar-refractivity contribution in [3.8, 4) is 11.5 Å². The molecular formula is C17H15Cl2N3O5S. The molecule has 28 heavy (non-hydrogen) atoms. The topological polar surface area (TPSA) is 97.3 Å². The molecule has 2 aromatic rings. The lowest BCUT2D eigenvalue weighted by atomic mass is 10.2. The van der Waals surface area contributed by atoms with Crippen molar-refractivity contribution in [2.24, 2.45) is 5.10 Å². The van der Waals surface area contributed by atoms with Gasteiger partial charge in [-0.2, -0.15) is 5.10 Å². The van der Waals surface area contributed by atoms with Crippen LogP contribution in [0.25, 0.3) is 0 Å². The summed E-state index contributed by atoms with van der Waals surface area (Å²) >= 11 is 11.8. The molecule has 148 valence electrons. The highest BCUT2D eigenvalue weighted by Crippen LogP contribution is 2.32. The van der Waals surface area contributed by atoms with Gasteiger partial charge in [0, 0.05) is 0 Å². The van der Waals surface area contributed by atoms with E-state index in [0.717, 1.165) is 10.6 Å². The van der Waals surface area contributed by atoms with E-state index in [1.165, 1.54) is 24.4 Å². The van der Waals surface area contributed by atoms with Gasteiger partial charge in [0.25, 0.3) is 5.91 Å². The van der Waals surface area contributed by atoms with E-state index in [4.69, 9.17) is 32.7 Å². The van der Waals surface area contributed by atoms with Gasteiger partial charge in [-0.3, -0.25) is 9.10 Å². The Morgan fingerprint density at radius 2 is 1.93 bits per heavy atom. The monoisotopic (exact) mass is 443 g/mol. The zero-order valence-electron chi connectivity index (χ0n) is 14.6. The molecule has 0 unspecified atom stereocenters. The molecular weight excluding hydrogens is 429 g/mol. The molecule has 0 bridgehead atoms. The van der Waals surface area contributed by atoms with Crippen LogP contribution in [0.4, 0.5) is 5.69 Å². The predicted octanol–water partition coefficient (Wildman–Crippen LogP) is 2.64. The van der Waals surface area contributed by atoms with Crippen LogP contribution in [0.2, 0.25) is 10.0 Å². The number of rotatable bonds is 6. The lowest BCUT2D eigenvalue weighted by Crippen LogP contribution is -2.39. The smallest absolute Gasteiger partial charge is 0.260 e. The minimum absolute atomic E-state index is 0.155. The maximum absolute atomic E-state index is 12.2. The molecule has 1 aliphatic rings. The summed E-state index contributed by atoms with van der Waals surface area (Å²) < 4.78 is 35.5. The second kappa shape index (κ2) is 8.26. The van der Waals surface area contributed by atoms with E-state index < -0.39 is 22.5 Å². The van der Waals surface area contributed by atoms with Crippen molar-refractivity contribution in [3.63, 3.8) is 0 Å². The van der Waals surface area contributed by atoms with Crippen molar-refractivity contribution in [1.82, 2.24) is 5.43 Å². The fourth-order valence-electron chi connectivity index (χ4n) is 2.38. The van der Waals surface area contributed by atoms with E-state index in [9.17, 15) is 13.2 Å². The maximum atomic E-state index is 12.2. The van der Waals surface area contributed by atoms with Gasteiger partial charge in [0.15, 0.2) is 11.5 Å². The number of sulfonamides is 1. The van der Waals surface area contributed by atoms with Crippen LogP contribution >= 0.6 is 23.2 Å². The molecule has 1 N–H and O–H groups in total. The Labute approximate surface area is 171 Å². The fraction of sp³-hybridized carbons (Fsp3) is 0.176. The first-order chi connectivity index (χ1) is 13.2. The second-order valence-corrected chi connectivity index (χ2v) is 8.50. The van der Waals surface area contributed by atoms with Crippen molar-refractivity contribution >= 4 is 51.0 Å². The Bertz CT molecular complexity index is 1040. The van der Waals surface area contributed by atoms with Gasteiger partial charge in [0.05, 0.1) is 28.2 Å². The predicted molar refractivity (Wildman–Crippen MR) is 107 cm³/mol. The summed E-state index contributed by atoms with van der Waals surface area (Å²) in [5.41, 5.74) is 3.18. The Balaban J connectivity index is 1.68. The van der Waals surface area contributed by atoms with Crippen LogP contribution in [0.3, 0.4) is 0 Å². The van der Waals surface area contributed by atoms with E-state index in [-0.39, 0.29) is 22.5 Å². The molecule has 0 spiro atoms. The Morgan fingerprint density at radius 1 is 1.18 bits per heavy atom. The van der Waals surface area contributed by atoms with Crippen LogP contribution in [0.1, 0.15) is 5.56 Å². The molecule has 0 saturated heterocycles. The summed E-state index contributed by atoms with van der Waals surface area (Å²) in [6, 6.07) is 9.44. The molecule has 1 amide bonds. The van der Waals surface area contributed by atoms with Gasteiger partial charge in [0.1, 0.15) is 6.54 Å². The number of carbonyl (C=O) groups excluding carboxylic acids is 1. The third-order valence-electron chi connectivity index (χ3n) is 3.68. The summed E-state index contributed by atoms with van der Waals surface area (Å²) in [6.07, 6.45) is 2.39. The molecule has 0 saturated carbocycles. The minimum atomic E-state index is -3.74. The normalized spacial score (nSPS) is 13.0. The second-order valence-electron chi connectivity index (χ2n) is 5.77. The fourth-order valence-corrected chi connectivity index (χ4v) is 3.52. The van der Waals surface area contributed by atoms with E-state index in [1.54, 1.807) is 18.2 Å². The zero-order valence-corrected chi connectivity index (χ0v) is 16.9. The van der Waals surface area contributed by atoms with Gasteiger partial charge in [-0.25, -0.2) is 13.8 Å². The number of halogens is 2. The van der Waals surface area contributed by atoms with Crippen LogP contribution in [0, 0.1) is 0 Å². The third-order valence-corrected chi connectivity index (χ3v) is 5.56. The Kier molecular flexibility index (Phi) is 5.97. The van der Waals surface area contributed by atoms with Crippen LogP contribution in [0.15, 0.2) is 41.5 Å². The number of fused-ring (bicyclic) bond motifs is 1. The number of nitrogens with zero attached hydrogens (tertiary/aromatic N) is 2. The molecule has 0 radical (unpaired) electrons. The largest absolute Gasteiger partial charge is 0.454 e. The van der Waals surface area contributed by atoms with Gasteiger partial charge >= 0.3 is 0 Å². The number of hydrogen-bond acceptors (Lipinski definition) is 6.